The van der Waals surface area contributed by atoms with Gasteiger partial charge in [0.25, 0.3) is 0 Å². The van der Waals surface area contributed by atoms with Crippen LogP contribution in [0.15, 0.2) is 40.9 Å². The van der Waals surface area contributed by atoms with Gasteiger partial charge in [-0.05, 0) is 19.9 Å². The number of aryl methyl sites for hydroxylation is 2. The average molecular weight is 324 g/mol. The first-order valence-electron chi connectivity index (χ1n) is 7.79. The summed E-state index contributed by atoms with van der Waals surface area (Å²) in [5.41, 5.74) is 4.39. The molecule has 1 N–H and O–H groups in total. The van der Waals surface area contributed by atoms with Crippen molar-refractivity contribution in [2.75, 3.05) is 25.6 Å². The van der Waals surface area contributed by atoms with E-state index in [9.17, 15) is 0 Å². The number of benzene rings is 1. The Morgan fingerprint density at radius 2 is 1.83 bits per heavy atom. The Balaban J connectivity index is 2.06. The van der Waals surface area contributed by atoms with Crippen LogP contribution in [-0.4, -0.2) is 35.4 Å². The van der Waals surface area contributed by atoms with Gasteiger partial charge in [0.05, 0.1) is 29.3 Å². The first-order chi connectivity index (χ1) is 11.7. The summed E-state index contributed by atoms with van der Waals surface area (Å²) in [7, 11) is 1.66. The SMILES string of the molecule is COCCNc1nc(-c2ccccc2)cc(-c2c(C)noc2C)n1. The largest absolute Gasteiger partial charge is 0.383 e. The summed E-state index contributed by atoms with van der Waals surface area (Å²) < 4.78 is 10.4. The average Bonchev–Trinajstić information content (AvgIpc) is 2.94. The third kappa shape index (κ3) is 3.44. The number of nitrogens with zero attached hydrogens (tertiary/aromatic N) is 3. The molecule has 2 heterocycles. The highest BCUT2D eigenvalue weighted by Crippen LogP contribution is 2.29. The van der Waals surface area contributed by atoms with E-state index >= 15 is 0 Å². The van der Waals surface area contributed by atoms with Gasteiger partial charge in [0.2, 0.25) is 5.95 Å². The third-order valence-corrected chi connectivity index (χ3v) is 3.67. The van der Waals surface area contributed by atoms with Crippen molar-refractivity contribution < 1.29 is 9.26 Å². The highest BCUT2D eigenvalue weighted by molar-refractivity contribution is 5.71. The van der Waals surface area contributed by atoms with Crippen molar-refractivity contribution in [3.8, 4) is 22.5 Å². The van der Waals surface area contributed by atoms with Crippen molar-refractivity contribution in [3.63, 3.8) is 0 Å². The van der Waals surface area contributed by atoms with Crippen molar-refractivity contribution >= 4 is 5.95 Å². The van der Waals surface area contributed by atoms with Crippen LogP contribution in [0.1, 0.15) is 11.5 Å². The van der Waals surface area contributed by atoms with Gasteiger partial charge in [0.1, 0.15) is 5.76 Å². The molecule has 0 spiro atoms. The van der Waals surface area contributed by atoms with E-state index in [0.717, 1.165) is 34.0 Å². The maximum Gasteiger partial charge on any atom is 0.223 e. The molecule has 124 valence electrons. The quantitative estimate of drug-likeness (QED) is 0.700. The van der Waals surface area contributed by atoms with E-state index in [1.54, 1.807) is 7.11 Å². The molecule has 0 aliphatic heterocycles. The standard InChI is InChI=1S/C18H20N4O2/c1-12-17(13(2)24-22-12)16-11-15(14-7-5-4-6-8-14)20-18(21-16)19-9-10-23-3/h4-8,11H,9-10H2,1-3H3,(H,19,20,21). The topological polar surface area (TPSA) is 73.1 Å². The Kier molecular flexibility index (Phi) is 4.86. The van der Waals surface area contributed by atoms with Gasteiger partial charge in [-0.15, -0.1) is 0 Å². The van der Waals surface area contributed by atoms with Crippen LogP contribution in [0.2, 0.25) is 0 Å². The Morgan fingerprint density at radius 1 is 1.08 bits per heavy atom. The summed E-state index contributed by atoms with van der Waals surface area (Å²) in [6.45, 7) is 5.02. The van der Waals surface area contributed by atoms with E-state index in [1.807, 2.05) is 50.2 Å². The molecule has 2 aromatic heterocycles. The zero-order chi connectivity index (χ0) is 16.9. The van der Waals surface area contributed by atoms with Gasteiger partial charge in [-0.2, -0.15) is 0 Å². The zero-order valence-corrected chi connectivity index (χ0v) is 14.0. The van der Waals surface area contributed by atoms with Crippen LogP contribution in [0.5, 0.6) is 0 Å². The summed E-state index contributed by atoms with van der Waals surface area (Å²) in [5.74, 6) is 1.30. The zero-order valence-electron chi connectivity index (χ0n) is 14.0. The highest BCUT2D eigenvalue weighted by Gasteiger charge is 2.16. The first kappa shape index (κ1) is 16.1. The fourth-order valence-corrected chi connectivity index (χ4v) is 2.52. The number of nitrogens with one attached hydrogen (secondary N) is 1. The van der Waals surface area contributed by atoms with Crippen LogP contribution in [0.4, 0.5) is 5.95 Å². The molecular formula is C18H20N4O2. The molecule has 0 aliphatic carbocycles. The molecule has 0 saturated carbocycles. The Hall–Kier alpha value is -2.73. The van der Waals surface area contributed by atoms with E-state index < -0.39 is 0 Å². The van der Waals surface area contributed by atoms with E-state index in [2.05, 4.69) is 20.4 Å². The van der Waals surface area contributed by atoms with Crippen molar-refractivity contribution in [1.29, 1.82) is 0 Å². The molecule has 0 aliphatic rings. The van der Waals surface area contributed by atoms with Crippen molar-refractivity contribution in [1.82, 2.24) is 15.1 Å². The monoisotopic (exact) mass is 324 g/mol. The van der Waals surface area contributed by atoms with E-state index in [1.165, 1.54) is 0 Å². The minimum Gasteiger partial charge on any atom is -0.383 e. The Bertz CT molecular complexity index is 796. The normalized spacial score (nSPS) is 10.8. The number of aromatic nitrogens is 3. The molecule has 0 atom stereocenters. The molecule has 1 aromatic carbocycles. The van der Waals surface area contributed by atoms with Gasteiger partial charge in [-0.1, -0.05) is 35.5 Å². The molecule has 6 nitrogen and oxygen atoms in total. The van der Waals surface area contributed by atoms with Crippen LogP contribution in [0, 0.1) is 13.8 Å². The van der Waals surface area contributed by atoms with Crippen molar-refractivity contribution in [2.24, 2.45) is 0 Å². The highest BCUT2D eigenvalue weighted by atomic mass is 16.5. The number of methoxy groups -OCH3 is 1. The molecule has 3 aromatic rings. The second kappa shape index (κ2) is 7.23. The van der Waals surface area contributed by atoms with Crippen LogP contribution in [0.3, 0.4) is 0 Å². The number of anilines is 1. The van der Waals surface area contributed by atoms with E-state index in [4.69, 9.17) is 9.26 Å². The lowest BCUT2D eigenvalue weighted by molar-refractivity contribution is 0.210. The summed E-state index contributed by atoms with van der Waals surface area (Å²) in [6, 6.07) is 12.0. The molecule has 24 heavy (non-hydrogen) atoms. The summed E-state index contributed by atoms with van der Waals surface area (Å²) in [6.07, 6.45) is 0. The minimum absolute atomic E-state index is 0.559. The van der Waals surface area contributed by atoms with Gasteiger partial charge in [0, 0.05) is 19.2 Å². The lowest BCUT2D eigenvalue weighted by atomic mass is 10.1. The molecule has 3 rings (SSSR count). The number of hydrogen-bond donors (Lipinski definition) is 1. The molecule has 0 radical (unpaired) electrons. The second-order valence-electron chi connectivity index (χ2n) is 5.45. The second-order valence-corrected chi connectivity index (χ2v) is 5.45. The van der Waals surface area contributed by atoms with Crippen LogP contribution in [0.25, 0.3) is 22.5 Å². The van der Waals surface area contributed by atoms with Crippen molar-refractivity contribution in [3.05, 3.63) is 47.9 Å². The van der Waals surface area contributed by atoms with Gasteiger partial charge in [-0.25, -0.2) is 9.97 Å². The predicted molar refractivity (Wildman–Crippen MR) is 92.8 cm³/mol. The van der Waals surface area contributed by atoms with E-state index in [-0.39, 0.29) is 0 Å². The Labute approximate surface area is 140 Å². The molecule has 0 unspecified atom stereocenters. The number of hydrogen-bond acceptors (Lipinski definition) is 6. The molecule has 0 amide bonds. The Morgan fingerprint density at radius 3 is 2.50 bits per heavy atom. The number of ether oxygens (including phenoxy) is 1. The lowest BCUT2D eigenvalue weighted by Crippen LogP contribution is -2.11. The first-order valence-corrected chi connectivity index (χ1v) is 7.79. The van der Waals surface area contributed by atoms with Gasteiger partial charge in [-0.3, -0.25) is 0 Å². The predicted octanol–water partition coefficient (Wildman–Crippen LogP) is 3.47. The smallest absolute Gasteiger partial charge is 0.223 e. The fraction of sp³-hybridized carbons (Fsp3) is 0.278. The van der Waals surface area contributed by atoms with Gasteiger partial charge < -0.3 is 14.6 Å². The summed E-state index contributed by atoms with van der Waals surface area (Å²) in [5, 5.41) is 7.22. The van der Waals surface area contributed by atoms with Gasteiger partial charge in [0.15, 0.2) is 0 Å². The molecule has 0 bridgehead atoms. The summed E-state index contributed by atoms with van der Waals surface area (Å²) in [4.78, 5) is 9.23. The maximum absolute atomic E-state index is 5.28. The lowest BCUT2D eigenvalue weighted by Gasteiger charge is -2.10. The maximum atomic E-state index is 5.28. The minimum atomic E-state index is 0.559. The fourth-order valence-electron chi connectivity index (χ4n) is 2.52. The molecule has 0 saturated heterocycles. The number of rotatable bonds is 6. The van der Waals surface area contributed by atoms with E-state index in [0.29, 0.717) is 19.1 Å². The van der Waals surface area contributed by atoms with Crippen LogP contribution >= 0.6 is 0 Å². The van der Waals surface area contributed by atoms with Crippen LogP contribution in [-0.2, 0) is 4.74 Å². The molecule has 0 fully saturated rings. The third-order valence-electron chi connectivity index (χ3n) is 3.67. The summed E-state index contributed by atoms with van der Waals surface area (Å²) >= 11 is 0. The van der Waals surface area contributed by atoms with Crippen LogP contribution < -0.4 is 5.32 Å². The molecular weight excluding hydrogens is 304 g/mol. The van der Waals surface area contributed by atoms with Gasteiger partial charge >= 0.3 is 0 Å². The van der Waals surface area contributed by atoms with Crippen molar-refractivity contribution in [2.45, 2.75) is 13.8 Å². The molecule has 6 heteroatoms.